The van der Waals surface area contributed by atoms with Crippen LogP contribution in [0.2, 0.25) is 0 Å². The zero-order valence-corrected chi connectivity index (χ0v) is 27.1. The summed E-state index contributed by atoms with van der Waals surface area (Å²) in [6.07, 6.45) is 0. The molecule has 0 saturated carbocycles. The second-order valence-electron chi connectivity index (χ2n) is 13.1. The van der Waals surface area contributed by atoms with E-state index >= 15 is 0 Å². The maximum Gasteiger partial charge on any atom is 0.0465 e. The van der Waals surface area contributed by atoms with Gasteiger partial charge in [0.15, 0.2) is 0 Å². The Bertz CT molecular complexity index is 2170. The molecule has 0 amide bonds. The van der Waals surface area contributed by atoms with Crippen molar-refractivity contribution in [1.82, 2.24) is 0 Å². The van der Waals surface area contributed by atoms with Crippen LogP contribution < -0.4 is 4.90 Å². The predicted molar refractivity (Wildman–Crippen MR) is 200 cm³/mol. The molecule has 0 radical (unpaired) electrons. The Labute approximate surface area is 278 Å². The van der Waals surface area contributed by atoms with E-state index in [0.717, 1.165) is 17.1 Å². The minimum Gasteiger partial charge on any atom is -0.310 e. The Hall–Kier alpha value is -5.66. The predicted octanol–water partition coefficient (Wildman–Crippen LogP) is 12.8. The molecule has 1 heteroatoms. The minimum absolute atomic E-state index is 0.142. The SMILES string of the molecule is Cc1ccc(N(c2ccc(-c3ccccc3)cc2)c2ccc3c(c2)C(C)(C)c2cc(-c4ccc(-c5ccccc5)cc4)ccc2-3)cc1. The highest BCUT2D eigenvalue weighted by Gasteiger charge is 2.36. The van der Waals surface area contributed by atoms with E-state index in [9.17, 15) is 0 Å². The fraction of sp³-hybridized carbons (Fsp3) is 0.0870. The molecule has 1 aliphatic rings. The van der Waals surface area contributed by atoms with Crippen LogP contribution in [0.3, 0.4) is 0 Å². The molecule has 0 fully saturated rings. The molecular weight excluding hydrogens is 567 g/mol. The number of rotatable bonds is 6. The van der Waals surface area contributed by atoms with Gasteiger partial charge in [0.1, 0.15) is 0 Å². The van der Waals surface area contributed by atoms with Gasteiger partial charge >= 0.3 is 0 Å². The lowest BCUT2D eigenvalue weighted by molar-refractivity contribution is 0.660. The summed E-state index contributed by atoms with van der Waals surface area (Å²) in [5.74, 6) is 0. The second-order valence-corrected chi connectivity index (χ2v) is 13.1. The van der Waals surface area contributed by atoms with Crippen molar-refractivity contribution in [3.8, 4) is 44.5 Å². The van der Waals surface area contributed by atoms with Crippen molar-refractivity contribution >= 4 is 17.1 Å². The maximum absolute atomic E-state index is 2.41. The van der Waals surface area contributed by atoms with Crippen molar-refractivity contribution in [2.75, 3.05) is 4.90 Å². The monoisotopic (exact) mass is 603 g/mol. The van der Waals surface area contributed by atoms with Crippen LogP contribution in [0, 0.1) is 6.92 Å². The van der Waals surface area contributed by atoms with Gasteiger partial charge in [-0.15, -0.1) is 0 Å². The highest BCUT2D eigenvalue weighted by Crippen LogP contribution is 2.51. The van der Waals surface area contributed by atoms with Crippen molar-refractivity contribution < 1.29 is 0 Å². The van der Waals surface area contributed by atoms with Crippen molar-refractivity contribution in [2.24, 2.45) is 0 Å². The number of benzene rings is 7. The summed E-state index contributed by atoms with van der Waals surface area (Å²) in [6, 6.07) is 61.9. The fourth-order valence-electron chi connectivity index (χ4n) is 7.10. The van der Waals surface area contributed by atoms with Gasteiger partial charge in [0.25, 0.3) is 0 Å². The average molecular weight is 604 g/mol. The molecule has 0 aliphatic heterocycles. The number of hydrogen-bond donors (Lipinski definition) is 0. The van der Waals surface area contributed by atoms with Gasteiger partial charge in [-0.2, -0.15) is 0 Å². The zero-order valence-electron chi connectivity index (χ0n) is 27.1. The normalized spacial score (nSPS) is 12.7. The van der Waals surface area contributed by atoms with E-state index < -0.39 is 0 Å². The summed E-state index contributed by atoms with van der Waals surface area (Å²) >= 11 is 0. The van der Waals surface area contributed by atoms with E-state index in [2.05, 4.69) is 196 Å². The summed E-state index contributed by atoms with van der Waals surface area (Å²) in [7, 11) is 0. The van der Waals surface area contributed by atoms with Crippen LogP contribution in [0.5, 0.6) is 0 Å². The first-order valence-corrected chi connectivity index (χ1v) is 16.4. The molecule has 0 aromatic heterocycles. The molecule has 226 valence electrons. The van der Waals surface area contributed by atoms with E-state index in [0.29, 0.717) is 0 Å². The quantitative estimate of drug-likeness (QED) is 0.183. The van der Waals surface area contributed by atoms with Gasteiger partial charge < -0.3 is 4.90 Å². The zero-order chi connectivity index (χ0) is 32.0. The highest BCUT2D eigenvalue weighted by molar-refractivity contribution is 5.87. The number of aryl methyl sites for hydroxylation is 1. The first kappa shape index (κ1) is 28.8. The van der Waals surface area contributed by atoms with Gasteiger partial charge in [-0.3, -0.25) is 0 Å². The summed E-state index contributed by atoms with van der Waals surface area (Å²) in [6.45, 7) is 6.88. The molecule has 47 heavy (non-hydrogen) atoms. The van der Waals surface area contributed by atoms with Crippen molar-refractivity contribution in [1.29, 1.82) is 0 Å². The Kier molecular flexibility index (Phi) is 7.11. The first-order valence-electron chi connectivity index (χ1n) is 16.4. The van der Waals surface area contributed by atoms with Crippen LogP contribution in [0.15, 0.2) is 170 Å². The molecule has 7 aromatic rings. The molecule has 1 aliphatic carbocycles. The number of fused-ring (bicyclic) bond motifs is 3. The molecule has 0 spiro atoms. The lowest BCUT2D eigenvalue weighted by atomic mass is 9.81. The van der Waals surface area contributed by atoms with Crippen LogP contribution in [0.1, 0.15) is 30.5 Å². The molecule has 1 nitrogen and oxygen atoms in total. The summed E-state index contributed by atoms with van der Waals surface area (Å²) in [5, 5.41) is 0. The molecule has 8 rings (SSSR count). The fourth-order valence-corrected chi connectivity index (χ4v) is 7.10. The topological polar surface area (TPSA) is 3.24 Å². The Morgan fingerprint density at radius 3 is 1.30 bits per heavy atom. The van der Waals surface area contributed by atoms with Gasteiger partial charge in [0.05, 0.1) is 0 Å². The lowest BCUT2D eigenvalue weighted by Crippen LogP contribution is -2.16. The largest absolute Gasteiger partial charge is 0.310 e. The number of anilines is 3. The third kappa shape index (κ3) is 5.24. The number of hydrogen-bond acceptors (Lipinski definition) is 1. The minimum atomic E-state index is -0.142. The smallest absolute Gasteiger partial charge is 0.0465 e. The third-order valence-corrected chi connectivity index (χ3v) is 9.77. The van der Waals surface area contributed by atoms with Crippen LogP contribution in [0.4, 0.5) is 17.1 Å². The molecule has 0 atom stereocenters. The Morgan fingerprint density at radius 2 is 0.745 bits per heavy atom. The number of nitrogens with zero attached hydrogens (tertiary/aromatic N) is 1. The van der Waals surface area contributed by atoms with Crippen LogP contribution in [-0.2, 0) is 5.41 Å². The van der Waals surface area contributed by atoms with E-state index in [1.54, 1.807) is 0 Å². The average Bonchev–Trinajstić information content (AvgIpc) is 3.35. The Balaban J connectivity index is 1.16. The molecule has 0 saturated heterocycles. The van der Waals surface area contributed by atoms with Gasteiger partial charge in [0, 0.05) is 22.5 Å². The molecule has 7 aromatic carbocycles. The molecular formula is C46H37N. The van der Waals surface area contributed by atoms with Crippen LogP contribution in [0.25, 0.3) is 44.5 Å². The third-order valence-electron chi connectivity index (χ3n) is 9.77. The van der Waals surface area contributed by atoms with Gasteiger partial charge in [-0.25, -0.2) is 0 Å². The van der Waals surface area contributed by atoms with E-state index in [4.69, 9.17) is 0 Å². The first-order chi connectivity index (χ1) is 23.0. The van der Waals surface area contributed by atoms with Gasteiger partial charge in [-0.05, 0) is 105 Å². The molecule has 0 heterocycles. The van der Waals surface area contributed by atoms with Crippen LogP contribution in [-0.4, -0.2) is 0 Å². The standard InChI is InChI=1S/C46H37N/c1-32-14-23-39(24-15-32)47(40-25-20-36(21-26-40)34-12-8-5-9-13-34)41-27-29-43-42-28-22-38(30-44(42)46(2,3)45(43)31-41)37-18-16-35(17-19-37)33-10-6-4-7-11-33/h4-31H,1-3H3. The maximum atomic E-state index is 2.41. The lowest BCUT2D eigenvalue weighted by Gasteiger charge is -2.28. The van der Waals surface area contributed by atoms with E-state index in [-0.39, 0.29) is 5.41 Å². The second kappa shape index (κ2) is 11.6. The van der Waals surface area contributed by atoms with Crippen molar-refractivity contribution in [3.05, 3.63) is 187 Å². The van der Waals surface area contributed by atoms with E-state index in [1.807, 2.05) is 0 Å². The summed E-state index contributed by atoms with van der Waals surface area (Å²) < 4.78 is 0. The Morgan fingerprint density at radius 1 is 0.362 bits per heavy atom. The summed E-state index contributed by atoms with van der Waals surface area (Å²) in [4.78, 5) is 2.38. The van der Waals surface area contributed by atoms with E-state index in [1.165, 1.54) is 61.2 Å². The molecule has 0 N–H and O–H groups in total. The van der Waals surface area contributed by atoms with Crippen molar-refractivity contribution in [3.63, 3.8) is 0 Å². The molecule has 0 bridgehead atoms. The van der Waals surface area contributed by atoms with Gasteiger partial charge in [-0.1, -0.05) is 147 Å². The van der Waals surface area contributed by atoms with Crippen LogP contribution >= 0.6 is 0 Å². The van der Waals surface area contributed by atoms with Gasteiger partial charge in [0.2, 0.25) is 0 Å². The summed E-state index contributed by atoms with van der Waals surface area (Å²) in [5.41, 5.74) is 17.4. The van der Waals surface area contributed by atoms with Crippen molar-refractivity contribution in [2.45, 2.75) is 26.2 Å². The molecule has 0 unspecified atom stereocenters. The highest BCUT2D eigenvalue weighted by atomic mass is 15.1.